The van der Waals surface area contributed by atoms with Crippen molar-refractivity contribution in [3.05, 3.63) is 36.5 Å². The molecule has 0 fully saturated rings. The molecule has 0 heterocycles. The Kier molecular flexibility index (Phi) is 49.5. The molecule has 0 amide bonds. The Bertz CT molecular complexity index is 806. The van der Waals surface area contributed by atoms with Crippen LogP contribution in [-0.4, -0.2) is 38.5 Å². The maximum absolute atomic E-state index is 12.8. The Morgan fingerprint density at radius 3 is 0.947 bits per heavy atom. The normalized spacial score (nSPS) is 12.1. The Morgan fingerprint density at radius 2 is 0.614 bits per heavy atom. The van der Waals surface area contributed by atoms with E-state index in [4.69, 9.17) is 14.2 Å². The molecular formula is C53H100O4. The second kappa shape index (κ2) is 50.8. The molecule has 0 N–H and O–H groups in total. The lowest BCUT2D eigenvalue weighted by atomic mass is 10.1. The lowest BCUT2D eigenvalue weighted by Gasteiger charge is -2.18. The molecule has 0 aliphatic carbocycles. The lowest BCUT2D eigenvalue weighted by Crippen LogP contribution is -2.29. The summed E-state index contributed by atoms with van der Waals surface area (Å²) in [5, 5.41) is 0. The van der Waals surface area contributed by atoms with E-state index in [2.05, 4.69) is 57.2 Å². The van der Waals surface area contributed by atoms with E-state index in [1.165, 1.54) is 212 Å². The van der Waals surface area contributed by atoms with Crippen molar-refractivity contribution in [3.63, 3.8) is 0 Å². The molecule has 336 valence electrons. The van der Waals surface area contributed by atoms with Gasteiger partial charge >= 0.3 is 5.97 Å². The van der Waals surface area contributed by atoms with Crippen LogP contribution in [0.4, 0.5) is 0 Å². The predicted molar refractivity (Wildman–Crippen MR) is 251 cm³/mol. The average molecular weight is 801 g/mol. The number of unbranched alkanes of at least 4 members (excludes halogenated alkanes) is 31. The highest BCUT2D eigenvalue weighted by molar-refractivity contribution is 5.69. The zero-order chi connectivity index (χ0) is 41.2. The van der Waals surface area contributed by atoms with Gasteiger partial charge in [0, 0.05) is 19.6 Å². The topological polar surface area (TPSA) is 44.8 Å². The SMILES string of the molecule is CCCCCC/C=C\CCCCCCCCOCC(COCCCCCCCC/C=C\CCCCCC)OC(=O)CCCCCCC/C=C\CCCCCCCC. The highest BCUT2D eigenvalue weighted by atomic mass is 16.6. The minimum absolute atomic E-state index is 0.0949. The zero-order valence-corrected chi connectivity index (χ0v) is 38.9. The molecule has 0 aliphatic heterocycles. The molecule has 0 aliphatic rings. The van der Waals surface area contributed by atoms with Crippen molar-refractivity contribution >= 4 is 5.97 Å². The van der Waals surface area contributed by atoms with Gasteiger partial charge in [-0.15, -0.1) is 0 Å². The highest BCUT2D eigenvalue weighted by Gasteiger charge is 2.15. The summed E-state index contributed by atoms with van der Waals surface area (Å²) in [6.07, 6.45) is 61.7. The number of hydrogen-bond acceptors (Lipinski definition) is 4. The molecule has 4 heteroatoms. The molecule has 0 aromatic rings. The third-order valence-corrected chi connectivity index (χ3v) is 11.1. The molecular weight excluding hydrogens is 701 g/mol. The summed E-state index contributed by atoms with van der Waals surface area (Å²) in [6.45, 7) is 9.18. The standard InChI is InChI=1S/C53H100O4/c1-4-7-10-13-16-19-22-25-28-29-32-35-38-41-44-47-53(54)57-52(50-55-48-45-42-39-36-33-30-26-23-20-17-14-11-8-5-2)51-56-49-46-43-40-37-34-31-27-24-21-18-15-12-9-6-3/h20-21,23-25,28,52H,4-19,22,26-27,29-51H2,1-3H3/b23-20-,24-21-,28-25-. The van der Waals surface area contributed by atoms with Crippen LogP contribution in [0.25, 0.3) is 0 Å². The van der Waals surface area contributed by atoms with Crippen molar-refractivity contribution in [1.29, 1.82) is 0 Å². The van der Waals surface area contributed by atoms with E-state index in [1.54, 1.807) is 0 Å². The van der Waals surface area contributed by atoms with Gasteiger partial charge in [-0.3, -0.25) is 4.79 Å². The molecule has 57 heavy (non-hydrogen) atoms. The number of esters is 1. The first-order valence-corrected chi connectivity index (χ1v) is 25.5. The van der Waals surface area contributed by atoms with Crippen LogP contribution in [0.15, 0.2) is 36.5 Å². The van der Waals surface area contributed by atoms with Gasteiger partial charge in [0.15, 0.2) is 0 Å². The fourth-order valence-corrected chi connectivity index (χ4v) is 7.33. The van der Waals surface area contributed by atoms with Crippen LogP contribution >= 0.6 is 0 Å². The van der Waals surface area contributed by atoms with E-state index in [1.807, 2.05) is 0 Å². The highest BCUT2D eigenvalue weighted by Crippen LogP contribution is 2.14. The fourth-order valence-electron chi connectivity index (χ4n) is 7.33. The largest absolute Gasteiger partial charge is 0.457 e. The van der Waals surface area contributed by atoms with E-state index >= 15 is 0 Å². The van der Waals surface area contributed by atoms with Crippen LogP contribution < -0.4 is 0 Å². The number of carbonyl (C=O) groups is 1. The molecule has 0 saturated carbocycles. The van der Waals surface area contributed by atoms with Crippen molar-refractivity contribution < 1.29 is 19.0 Å². The average Bonchev–Trinajstić information content (AvgIpc) is 3.21. The second-order valence-electron chi connectivity index (χ2n) is 17.1. The number of rotatable bonds is 48. The smallest absolute Gasteiger partial charge is 0.306 e. The van der Waals surface area contributed by atoms with Gasteiger partial charge in [-0.1, -0.05) is 198 Å². The van der Waals surface area contributed by atoms with Gasteiger partial charge < -0.3 is 14.2 Å². The quantitative estimate of drug-likeness (QED) is 0.0349. The number of hydrogen-bond donors (Lipinski definition) is 0. The summed E-state index contributed by atoms with van der Waals surface area (Å²) in [4.78, 5) is 12.8. The van der Waals surface area contributed by atoms with Crippen molar-refractivity contribution in [1.82, 2.24) is 0 Å². The van der Waals surface area contributed by atoms with Gasteiger partial charge in [-0.25, -0.2) is 0 Å². The molecule has 0 bridgehead atoms. The third kappa shape index (κ3) is 48.9. The molecule has 4 nitrogen and oxygen atoms in total. The van der Waals surface area contributed by atoms with Crippen LogP contribution in [-0.2, 0) is 19.0 Å². The zero-order valence-electron chi connectivity index (χ0n) is 38.9. The van der Waals surface area contributed by atoms with Crippen molar-refractivity contribution in [2.45, 2.75) is 271 Å². The maximum atomic E-state index is 12.8. The van der Waals surface area contributed by atoms with E-state index in [0.29, 0.717) is 19.6 Å². The first kappa shape index (κ1) is 55.6. The van der Waals surface area contributed by atoms with Crippen LogP contribution in [0.2, 0.25) is 0 Å². The van der Waals surface area contributed by atoms with Gasteiger partial charge in [-0.2, -0.15) is 0 Å². The first-order chi connectivity index (χ1) is 28.2. The van der Waals surface area contributed by atoms with Crippen molar-refractivity contribution in [3.8, 4) is 0 Å². The summed E-state index contributed by atoms with van der Waals surface area (Å²) in [5.41, 5.74) is 0. The predicted octanol–water partition coefficient (Wildman–Crippen LogP) is 17.5. The van der Waals surface area contributed by atoms with Crippen LogP contribution in [0.5, 0.6) is 0 Å². The van der Waals surface area contributed by atoms with Gasteiger partial charge in [0.2, 0.25) is 0 Å². The molecule has 0 aromatic carbocycles. The van der Waals surface area contributed by atoms with Gasteiger partial charge in [0.05, 0.1) is 13.2 Å². The van der Waals surface area contributed by atoms with E-state index in [-0.39, 0.29) is 12.1 Å². The molecule has 0 aromatic heterocycles. The monoisotopic (exact) mass is 801 g/mol. The molecule has 0 unspecified atom stereocenters. The third-order valence-electron chi connectivity index (χ3n) is 11.1. The first-order valence-electron chi connectivity index (χ1n) is 25.5. The number of ether oxygens (including phenoxy) is 3. The molecule has 0 rings (SSSR count). The maximum Gasteiger partial charge on any atom is 0.306 e. The Morgan fingerprint density at radius 1 is 0.351 bits per heavy atom. The Hall–Kier alpha value is -1.39. The van der Waals surface area contributed by atoms with Crippen LogP contribution in [0, 0.1) is 0 Å². The fraction of sp³-hybridized carbons (Fsp3) is 0.868. The number of allylic oxidation sites excluding steroid dienone is 6. The summed E-state index contributed by atoms with van der Waals surface area (Å²) in [6, 6.07) is 0. The van der Waals surface area contributed by atoms with Gasteiger partial charge in [0.1, 0.15) is 6.10 Å². The lowest BCUT2D eigenvalue weighted by molar-refractivity contribution is -0.156. The van der Waals surface area contributed by atoms with Gasteiger partial charge in [0.25, 0.3) is 0 Å². The van der Waals surface area contributed by atoms with E-state index in [0.717, 1.165) is 38.9 Å². The number of carbonyl (C=O) groups excluding carboxylic acids is 1. The van der Waals surface area contributed by atoms with Gasteiger partial charge in [-0.05, 0) is 96.3 Å². The summed E-state index contributed by atoms with van der Waals surface area (Å²) >= 11 is 0. The summed E-state index contributed by atoms with van der Waals surface area (Å²) in [7, 11) is 0. The minimum atomic E-state index is -0.306. The van der Waals surface area contributed by atoms with Crippen molar-refractivity contribution in [2.75, 3.05) is 26.4 Å². The molecule has 0 saturated heterocycles. The molecule has 0 spiro atoms. The minimum Gasteiger partial charge on any atom is -0.457 e. The molecule has 0 radical (unpaired) electrons. The Balaban J connectivity index is 4.16. The van der Waals surface area contributed by atoms with E-state index in [9.17, 15) is 4.79 Å². The van der Waals surface area contributed by atoms with Crippen LogP contribution in [0.3, 0.4) is 0 Å². The summed E-state index contributed by atoms with van der Waals surface area (Å²) in [5.74, 6) is -0.0949. The van der Waals surface area contributed by atoms with E-state index < -0.39 is 0 Å². The van der Waals surface area contributed by atoms with Crippen LogP contribution in [0.1, 0.15) is 265 Å². The van der Waals surface area contributed by atoms with Crippen molar-refractivity contribution in [2.24, 2.45) is 0 Å². The molecule has 0 atom stereocenters. The second-order valence-corrected chi connectivity index (χ2v) is 17.1. The summed E-state index contributed by atoms with van der Waals surface area (Å²) < 4.78 is 18.0. The Labute approximate surface area is 357 Å².